The maximum Gasteiger partial charge on any atom is 0.129 e. The summed E-state index contributed by atoms with van der Waals surface area (Å²) >= 11 is 0. The Hall–Kier alpha value is -2.22. The first-order chi connectivity index (χ1) is 9.24. The fraction of sp³-hybridized carbons (Fsp3) is 0.176. The van der Waals surface area contributed by atoms with Crippen molar-refractivity contribution in [1.29, 1.82) is 0 Å². The number of para-hydroxylation sites is 1. The molecule has 0 radical (unpaired) electrons. The van der Waals surface area contributed by atoms with Crippen LogP contribution in [0.4, 0.5) is 5.69 Å². The van der Waals surface area contributed by atoms with Gasteiger partial charge in [0.1, 0.15) is 11.5 Å². The first-order valence-corrected chi connectivity index (χ1v) is 6.45. The normalized spacial score (nSPS) is 9.95. The highest BCUT2D eigenvalue weighted by atomic mass is 16.5. The zero-order chi connectivity index (χ0) is 13.5. The monoisotopic (exact) mass is 253 g/mol. The van der Waals surface area contributed by atoms with Crippen LogP contribution in [0.2, 0.25) is 0 Å². The maximum atomic E-state index is 5.79. The molecule has 2 heteroatoms. The van der Waals surface area contributed by atoms with Crippen LogP contribution in [0.25, 0.3) is 0 Å². The Morgan fingerprint density at radius 1 is 1.05 bits per heavy atom. The van der Waals surface area contributed by atoms with Crippen LogP contribution in [0.5, 0.6) is 11.5 Å². The Morgan fingerprint density at radius 2 is 1.79 bits per heavy atom. The molecule has 0 saturated carbocycles. The first kappa shape index (κ1) is 13.2. The van der Waals surface area contributed by atoms with Crippen LogP contribution in [0.15, 0.2) is 66.7 Å². The quantitative estimate of drug-likeness (QED) is 0.742. The van der Waals surface area contributed by atoms with E-state index in [1.807, 2.05) is 61.5 Å². The summed E-state index contributed by atoms with van der Waals surface area (Å²) in [5.41, 5.74) is 2.25. The third kappa shape index (κ3) is 4.51. The van der Waals surface area contributed by atoms with E-state index < -0.39 is 0 Å². The molecule has 2 aromatic carbocycles. The number of hydrogen-bond donors (Lipinski definition) is 1. The fourth-order valence-electron chi connectivity index (χ4n) is 1.71. The molecule has 0 saturated heterocycles. The third-order valence-electron chi connectivity index (χ3n) is 2.69. The minimum atomic E-state index is 0.839. The van der Waals surface area contributed by atoms with Crippen molar-refractivity contribution >= 4 is 5.69 Å². The minimum Gasteiger partial charge on any atom is -0.457 e. The predicted octanol–water partition coefficient (Wildman–Crippen LogP) is 4.86. The molecule has 0 aliphatic heterocycles. The molecule has 2 nitrogen and oxygen atoms in total. The standard InChI is InChI=1S/C17H19NO/c1-14(2)11-12-18-15-7-6-10-17(13-15)19-16-8-4-3-5-9-16/h3-10,13,18H,1,11-12H2,2H3. The second kappa shape index (κ2) is 6.64. The van der Waals surface area contributed by atoms with E-state index in [1.54, 1.807) is 0 Å². The lowest BCUT2D eigenvalue weighted by atomic mass is 10.2. The molecule has 0 amide bonds. The Kier molecular flexibility index (Phi) is 4.62. The molecule has 0 fully saturated rings. The van der Waals surface area contributed by atoms with Crippen molar-refractivity contribution in [3.8, 4) is 11.5 Å². The van der Waals surface area contributed by atoms with Crippen molar-refractivity contribution in [2.24, 2.45) is 0 Å². The van der Waals surface area contributed by atoms with E-state index in [1.165, 1.54) is 5.57 Å². The minimum absolute atomic E-state index is 0.839. The van der Waals surface area contributed by atoms with E-state index in [0.29, 0.717) is 0 Å². The molecule has 0 unspecified atom stereocenters. The van der Waals surface area contributed by atoms with Crippen LogP contribution in [0.3, 0.4) is 0 Å². The lowest BCUT2D eigenvalue weighted by molar-refractivity contribution is 0.483. The van der Waals surface area contributed by atoms with Gasteiger partial charge in [0.2, 0.25) is 0 Å². The summed E-state index contributed by atoms with van der Waals surface area (Å²) in [6.07, 6.45) is 0.976. The molecule has 0 spiro atoms. The van der Waals surface area contributed by atoms with Crippen molar-refractivity contribution < 1.29 is 4.74 Å². The van der Waals surface area contributed by atoms with Gasteiger partial charge < -0.3 is 10.1 Å². The summed E-state index contributed by atoms with van der Waals surface area (Å²) < 4.78 is 5.79. The molecule has 1 N–H and O–H groups in total. The summed E-state index contributed by atoms with van der Waals surface area (Å²) in [5.74, 6) is 1.69. The SMILES string of the molecule is C=C(C)CCNc1cccc(Oc2ccccc2)c1. The van der Waals surface area contributed by atoms with Gasteiger partial charge in [-0.05, 0) is 37.6 Å². The topological polar surface area (TPSA) is 21.3 Å². The van der Waals surface area contributed by atoms with Gasteiger partial charge in [0.15, 0.2) is 0 Å². The lowest BCUT2D eigenvalue weighted by Crippen LogP contribution is -2.01. The summed E-state index contributed by atoms with van der Waals surface area (Å²) in [6.45, 7) is 6.83. The summed E-state index contributed by atoms with van der Waals surface area (Å²) in [5, 5.41) is 3.36. The van der Waals surface area contributed by atoms with Gasteiger partial charge in [0, 0.05) is 18.3 Å². The van der Waals surface area contributed by atoms with Gasteiger partial charge in [-0.3, -0.25) is 0 Å². The number of nitrogens with one attached hydrogen (secondary N) is 1. The summed E-state index contributed by atoms with van der Waals surface area (Å²) in [6, 6.07) is 17.8. The van der Waals surface area contributed by atoms with E-state index in [4.69, 9.17) is 4.74 Å². The Labute approximate surface area is 114 Å². The zero-order valence-electron chi connectivity index (χ0n) is 11.2. The molecule has 19 heavy (non-hydrogen) atoms. The Bertz CT molecular complexity index is 534. The Morgan fingerprint density at radius 3 is 2.53 bits per heavy atom. The molecular formula is C17H19NO. The lowest BCUT2D eigenvalue weighted by Gasteiger charge is -2.09. The van der Waals surface area contributed by atoms with Crippen molar-refractivity contribution in [2.45, 2.75) is 13.3 Å². The zero-order valence-corrected chi connectivity index (χ0v) is 11.2. The van der Waals surface area contributed by atoms with Crippen molar-refractivity contribution in [1.82, 2.24) is 0 Å². The molecule has 0 bridgehead atoms. The van der Waals surface area contributed by atoms with Gasteiger partial charge in [-0.2, -0.15) is 0 Å². The smallest absolute Gasteiger partial charge is 0.129 e. The predicted molar refractivity (Wildman–Crippen MR) is 80.9 cm³/mol. The number of rotatable bonds is 6. The Balaban J connectivity index is 1.97. The van der Waals surface area contributed by atoms with Gasteiger partial charge >= 0.3 is 0 Å². The van der Waals surface area contributed by atoms with Crippen LogP contribution >= 0.6 is 0 Å². The second-order valence-corrected chi connectivity index (χ2v) is 4.58. The summed E-state index contributed by atoms with van der Waals surface area (Å²) in [7, 11) is 0. The van der Waals surface area contributed by atoms with Crippen molar-refractivity contribution in [3.63, 3.8) is 0 Å². The van der Waals surface area contributed by atoms with Gasteiger partial charge in [0.25, 0.3) is 0 Å². The maximum absolute atomic E-state index is 5.79. The molecule has 98 valence electrons. The number of ether oxygens (including phenoxy) is 1. The first-order valence-electron chi connectivity index (χ1n) is 6.45. The second-order valence-electron chi connectivity index (χ2n) is 4.58. The van der Waals surface area contributed by atoms with E-state index in [9.17, 15) is 0 Å². The van der Waals surface area contributed by atoms with Gasteiger partial charge in [0.05, 0.1) is 0 Å². The largest absolute Gasteiger partial charge is 0.457 e. The average molecular weight is 253 g/mol. The molecule has 2 rings (SSSR count). The molecule has 2 aromatic rings. The average Bonchev–Trinajstić information content (AvgIpc) is 2.40. The van der Waals surface area contributed by atoms with Crippen LogP contribution in [-0.4, -0.2) is 6.54 Å². The van der Waals surface area contributed by atoms with Crippen molar-refractivity contribution in [2.75, 3.05) is 11.9 Å². The van der Waals surface area contributed by atoms with E-state index in [0.717, 1.165) is 30.2 Å². The highest BCUT2D eigenvalue weighted by Gasteiger charge is 1.98. The number of hydrogen-bond acceptors (Lipinski definition) is 2. The van der Waals surface area contributed by atoms with Gasteiger partial charge in [-0.25, -0.2) is 0 Å². The molecule has 0 aliphatic rings. The molecule has 0 heterocycles. The van der Waals surface area contributed by atoms with Crippen molar-refractivity contribution in [3.05, 3.63) is 66.7 Å². The number of benzene rings is 2. The molecular weight excluding hydrogens is 234 g/mol. The van der Waals surface area contributed by atoms with E-state index in [-0.39, 0.29) is 0 Å². The molecule has 0 aliphatic carbocycles. The van der Waals surface area contributed by atoms with Crippen LogP contribution in [-0.2, 0) is 0 Å². The van der Waals surface area contributed by atoms with Gasteiger partial charge in [-0.15, -0.1) is 6.58 Å². The third-order valence-corrected chi connectivity index (χ3v) is 2.69. The number of anilines is 1. The van der Waals surface area contributed by atoms with Crippen LogP contribution < -0.4 is 10.1 Å². The summed E-state index contributed by atoms with van der Waals surface area (Å²) in [4.78, 5) is 0. The van der Waals surface area contributed by atoms with E-state index >= 15 is 0 Å². The van der Waals surface area contributed by atoms with Gasteiger partial charge in [-0.1, -0.05) is 29.8 Å². The van der Waals surface area contributed by atoms with E-state index in [2.05, 4.69) is 11.9 Å². The molecule has 0 atom stereocenters. The van der Waals surface area contributed by atoms with Crippen LogP contribution in [0, 0.1) is 0 Å². The fourth-order valence-corrected chi connectivity index (χ4v) is 1.71. The highest BCUT2D eigenvalue weighted by Crippen LogP contribution is 2.23. The van der Waals surface area contributed by atoms with Crippen LogP contribution in [0.1, 0.15) is 13.3 Å². The molecule has 0 aromatic heterocycles. The highest BCUT2D eigenvalue weighted by molar-refractivity contribution is 5.49.